The van der Waals surface area contributed by atoms with Gasteiger partial charge in [0.2, 0.25) is 5.91 Å². The third-order valence-corrected chi connectivity index (χ3v) is 7.89. The van der Waals surface area contributed by atoms with Crippen LogP contribution in [0.5, 0.6) is 0 Å². The normalized spacial score (nSPS) is 16.8. The lowest BCUT2D eigenvalue weighted by Crippen LogP contribution is -2.51. The third kappa shape index (κ3) is 4.67. The number of aryl methyl sites for hydroxylation is 1. The molecule has 41 heavy (non-hydrogen) atoms. The van der Waals surface area contributed by atoms with Crippen LogP contribution in [0.4, 0.5) is 5.82 Å². The number of carbonyl (C=O) groups is 1. The van der Waals surface area contributed by atoms with E-state index in [0.29, 0.717) is 37.4 Å². The van der Waals surface area contributed by atoms with Gasteiger partial charge in [-0.15, -0.1) is 0 Å². The fourth-order valence-corrected chi connectivity index (χ4v) is 5.49. The highest BCUT2D eigenvalue weighted by molar-refractivity contribution is 5.89. The smallest absolute Gasteiger partial charge is 0.235 e. The summed E-state index contributed by atoms with van der Waals surface area (Å²) in [4.78, 5) is 30.6. The number of anilines is 1. The average Bonchev–Trinajstić information content (AvgIpc) is 3.51. The topological polar surface area (TPSA) is 120 Å². The van der Waals surface area contributed by atoms with Crippen molar-refractivity contribution in [2.24, 2.45) is 22.4 Å². The number of fused-ring (bicyclic) bond motifs is 1. The van der Waals surface area contributed by atoms with Gasteiger partial charge < -0.3 is 9.80 Å². The van der Waals surface area contributed by atoms with E-state index in [4.69, 9.17) is 4.98 Å². The molecule has 1 aliphatic carbocycles. The van der Waals surface area contributed by atoms with Crippen molar-refractivity contribution in [3.05, 3.63) is 66.6 Å². The Morgan fingerprint density at radius 2 is 1.88 bits per heavy atom. The molecule has 11 heteroatoms. The summed E-state index contributed by atoms with van der Waals surface area (Å²) < 4.78 is 3.49. The van der Waals surface area contributed by atoms with Gasteiger partial charge in [0.05, 0.1) is 34.6 Å². The Morgan fingerprint density at radius 1 is 1.07 bits per heavy atom. The fraction of sp³-hybridized carbons (Fsp3) is 0.300. The minimum atomic E-state index is -0.581. The second kappa shape index (κ2) is 10.5. The summed E-state index contributed by atoms with van der Waals surface area (Å²) in [5.41, 5.74) is 4.97. The summed E-state index contributed by atoms with van der Waals surface area (Å²) >= 11 is 0. The molecule has 1 amide bonds. The Labute approximate surface area is 237 Å². The molecule has 0 spiro atoms. The first-order valence-corrected chi connectivity index (χ1v) is 13.5. The Bertz CT molecular complexity index is 1720. The van der Waals surface area contributed by atoms with Gasteiger partial charge in [-0.1, -0.05) is 0 Å². The van der Waals surface area contributed by atoms with E-state index in [2.05, 4.69) is 43.9 Å². The number of carbonyl (C=O) groups excluding carboxylic acids is 1. The lowest BCUT2D eigenvalue weighted by Gasteiger charge is -2.37. The lowest BCUT2D eigenvalue weighted by atomic mass is 10.0. The number of rotatable bonds is 7. The molecule has 0 unspecified atom stereocenters. The summed E-state index contributed by atoms with van der Waals surface area (Å²) in [6.45, 7) is 8.09. The van der Waals surface area contributed by atoms with E-state index in [0.717, 1.165) is 46.4 Å². The molecule has 4 aromatic heterocycles. The lowest BCUT2D eigenvalue weighted by molar-refractivity contribution is -0.135. The van der Waals surface area contributed by atoms with E-state index in [9.17, 15) is 10.1 Å². The van der Waals surface area contributed by atoms with Gasteiger partial charge in [-0.2, -0.15) is 15.5 Å². The molecule has 0 aromatic carbocycles. The zero-order valence-corrected chi connectivity index (χ0v) is 23.1. The number of pyridine rings is 2. The van der Waals surface area contributed by atoms with E-state index < -0.39 is 5.41 Å². The van der Waals surface area contributed by atoms with Gasteiger partial charge in [0, 0.05) is 86.5 Å². The predicted molar refractivity (Wildman–Crippen MR) is 158 cm³/mol. The minimum Gasteiger partial charge on any atom is -0.353 e. The molecule has 0 N–H and O–H groups in total. The van der Waals surface area contributed by atoms with Gasteiger partial charge >= 0.3 is 0 Å². The number of aromatic nitrogens is 5. The maximum absolute atomic E-state index is 13.4. The van der Waals surface area contributed by atoms with Crippen molar-refractivity contribution in [2.45, 2.75) is 19.8 Å². The van der Waals surface area contributed by atoms with E-state index in [-0.39, 0.29) is 5.91 Å². The van der Waals surface area contributed by atoms with Gasteiger partial charge in [0.15, 0.2) is 0 Å². The maximum atomic E-state index is 13.4. The number of amides is 1. The van der Waals surface area contributed by atoms with Crippen molar-refractivity contribution in [1.82, 2.24) is 29.3 Å². The third-order valence-electron chi connectivity index (χ3n) is 7.89. The van der Waals surface area contributed by atoms with E-state index in [1.165, 1.54) is 0 Å². The van der Waals surface area contributed by atoms with Crippen LogP contribution in [0.15, 0.2) is 71.1 Å². The number of nitrogens with zero attached hydrogens (tertiary/aromatic N) is 10. The van der Waals surface area contributed by atoms with Crippen molar-refractivity contribution < 1.29 is 4.79 Å². The minimum absolute atomic E-state index is 0.108. The average molecular weight is 547 g/mol. The van der Waals surface area contributed by atoms with Crippen LogP contribution in [0.2, 0.25) is 0 Å². The summed E-state index contributed by atoms with van der Waals surface area (Å²) in [5.74, 6) is 0.957. The first-order chi connectivity index (χ1) is 20.0. The van der Waals surface area contributed by atoms with Crippen molar-refractivity contribution in [2.75, 3.05) is 31.1 Å². The van der Waals surface area contributed by atoms with Crippen LogP contribution >= 0.6 is 0 Å². The van der Waals surface area contributed by atoms with E-state index in [1.807, 2.05) is 49.6 Å². The maximum Gasteiger partial charge on any atom is 0.235 e. The van der Waals surface area contributed by atoms with E-state index in [1.54, 1.807) is 34.0 Å². The molecule has 0 bridgehead atoms. The number of aliphatic imine (C=N–C) groups is 2. The number of hydrogen-bond donors (Lipinski definition) is 0. The molecule has 1 aliphatic heterocycles. The molecule has 2 aliphatic rings. The molecule has 2 fully saturated rings. The largest absolute Gasteiger partial charge is 0.353 e. The fourth-order valence-electron chi connectivity index (χ4n) is 5.49. The Kier molecular flexibility index (Phi) is 6.67. The molecule has 206 valence electrons. The van der Waals surface area contributed by atoms with Crippen LogP contribution in [-0.2, 0) is 11.8 Å². The Balaban J connectivity index is 1.21. The van der Waals surface area contributed by atoms with Gasteiger partial charge in [0.1, 0.15) is 11.9 Å². The predicted octanol–water partition coefficient (Wildman–Crippen LogP) is 3.73. The van der Waals surface area contributed by atoms with Gasteiger partial charge in [-0.25, -0.2) is 9.50 Å². The molecule has 1 saturated heterocycles. The van der Waals surface area contributed by atoms with Crippen LogP contribution in [-0.4, -0.2) is 74.3 Å². The molecule has 0 radical (unpaired) electrons. The SMILES string of the molecule is C=N/C(=C\N=C/C)C1(C(=O)N2CCN(c3ccc(-c4cc(-c5cnn(C)c5)cn5ncc(C#N)c45)cn3)CC2)CC1. The van der Waals surface area contributed by atoms with Crippen molar-refractivity contribution >= 4 is 30.2 Å². The molecule has 6 rings (SSSR count). The molecular formula is C30H30N10O. The highest BCUT2D eigenvalue weighted by atomic mass is 16.2. The van der Waals surface area contributed by atoms with Crippen LogP contribution in [0.25, 0.3) is 27.8 Å². The molecule has 5 heterocycles. The molecule has 11 nitrogen and oxygen atoms in total. The zero-order valence-electron chi connectivity index (χ0n) is 23.1. The second-order valence-corrected chi connectivity index (χ2v) is 10.4. The summed E-state index contributed by atoms with van der Waals surface area (Å²) in [5, 5.41) is 18.4. The quantitative estimate of drug-likeness (QED) is 0.326. The van der Waals surface area contributed by atoms with Crippen LogP contribution in [0, 0.1) is 16.7 Å². The first-order valence-electron chi connectivity index (χ1n) is 13.5. The van der Waals surface area contributed by atoms with Crippen LogP contribution in [0.1, 0.15) is 25.3 Å². The van der Waals surface area contributed by atoms with Crippen molar-refractivity contribution in [3.63, 3.8) is 0 Å². The molecule has 0 atom stereocenters. The zero-order chi connectivity index (χ0) is 28.6. The Morgan fingerprint density at radius 3 is 2.49 bits per heavy atom. The standard InChI is InChI=1S/C30H30N10O/c1-4-33-18-26(32-2)30(7-8-30)29(41)39-11-9-38(10-12-39)27-6-5-21(15-34-27)25-13-22(24-17-35-37(3)19-24)20-40-28(25)23(14-31)16-36-40/h4-6,13,15-20H,2,7-12H2,1,3H3/b26-18-,33-4-. The summed E-state index contributed by atoms with van der Waals surface area (Å²) in [6, 6.07) is 8.33. The van der Waals surface area contributed by atoms with Gasteiger partial charge in [0.25, 0.3) is 0 Å². The summed E-state index contributed by atoms with van der Waals surface area (Å²) in [6.07, 6.45) is 14.0. The molecular weight excluding hydrogens is 516 g/mol. The highest BCUT2D eigenvalue weighted by Gasteiger charge is 2.55. The Hall–Kier alpha value is -5.11. The van der Waals surface area contributed by atoms with Crippen molar-refractivity contribution in [3.8, 4) is 28.3 Å². The second-order valence-electron chi connectivity index (χ2n) is 10.4. The monoisotopic (exact) mass is 546 g/mol. The molecule has 1 saturated carbocycles. The van der Waals surface area contributed by atoms with Crippen LogP contribution in [0.3, 0.4) is 0 Å². The summed E-state index contributed by atoms with van der Waals surface area (Å²) in [7, 11) is 1.88. The van der Waals surface area contributed by atoms with Crippen molar-refractivity contribution in [1.29, 1.82) is 5.26 Å². The van der Waals surface area contributed by atoms with Crippen LogP contribution < -0.4 is 4.90 Å². The number of nitriles is 1. The van der Waals surface area contributed by atoms with Gasteiger partial charge in [-0.05, 0) is 44.7 Å². The van der Waals surface area contributed by atoms with E-state index >= 15 is 0 Å². The van der Waals surface area contributed by atoms with Gasteiger partial charge in [-0.3, -0.25) is 19.5 Å². The first kappa shape index (κ1) is 26.1. The number of hydrogen-bond acceptors (Lipinski definition) is 8. The molecule has 4 aromatic rings. The number of piperazine rings is 1. The highest BCUT2D eigenvalue weighted by Crippen LogP contribution is 2.53.